The van der Waals surface area contributed by atoms with Crippen molar-refractivity contribution in [1.82, 2.24) is 0 Å². The molecule has 1 aromatic rings. The van der Waals surface area contributed by atoms with Gasteiger partial charge < -0.3 is 10.2 Å². The predicted octanol–water partition coefficient (Wildman–Crippen LogP) is 2.87. The van der Waals surface area contributed by atoms with Gasteiger partial charge in [-0.1, -0.05) is 15.9 Å². The monoisotopic (exact) mass is 272 g/mol. The van der Waals surface area contributed by atoms with Gasteiger partial charge in [0, 0.05) is 10.9 Å². The molecule has 15 heavy (non-hydrogen) atoms. The lowest BCUT2D eigenvalue weighted by atomic mass is 10.1. The highest BCUT2D eigenvalue weighted by molar-refractivity contribution is 9.10. The van der Waals surface area contributed by atoms with Crippen molar-refractivity contribution in [1.29, 1.82) is 0 Å². The van der Waals surface area contributed by atoms with Gasteiger partial charge in [-0.2, -0.15) is 0 Å². The van der Waals surface area contributed by atoms with Crippen molar-refractivity contribution in [3.63, 3.8) is 0 Å². The van der Waals surface area contributed by atoms with Crippen molar-refractivity contribution in [2.24, 2.45) is 0 Å². The third-order valence-corrected chi connectivity index (χ3v) is 3.05. The van der Waals surface area contributed by atoms with Gasteiger partial charge in [0.05, 0.1) is 0 Å². The maximum Gasteiger partial charge on any atom is 0.303 e. The largest absolute Gasteiger partial charge is 0.508 e. The molecular weight excluding hydrogens is 260 g/mol. The van der Waals surface area contributed by atoms with Gasteiger partial charge in [0.2, 0.25) is 0 Å². The molecule has 0 fully saturated rings. The van der Waals surface area contributed by atoms with Crippen LogP contribution in [0.15, 0.2) is 16.6 Å². The number of halogens is 1. The van der Waals surface area contributed by atoms with Gasteiger partial charge in [0.15, 0.2) is 0 Å². The lowest BCUT2D eigenvalue weighted by Gasteiger charge is -2.06. The molecule has 2 N–H and O–H groups in total. The molecular formula is C11H13BrO3. The van der Waals surface area contributed by atoms with Crippen LogP contribution in [0.3, 0.4) is 0 Å². The Kier molecular flexibility index (Phi) is 4.15. The van der Waals surface area contributed by atoms with Gasteiger partial charge in [-0.15, -0.1) is 0 Å². The van der Waals surface area contributed by atoms with Crippen LogP contribution in [0.5, 0.6) is 5.75 Å². The molecule has 4 heteroatoms. The molecule has 1 aromatic carbocycles. The molecule has 82 valence electrons. The van der Waals surface area contributed by atoms with E-state index in [0.717, 1.165) is 15.6 Å². The number of phenolic OH excluding ortho intramolecular Hbond substituents is 1. The maximum absolute atomic E-state index is 10.3. The normalized spacial score (nSPS) is 10.3. The molecule has 0 aliphatic rings. The van der Waals surface area contributed by atoms with Crippen molar-refractivity contribution < 1.29 is 15.0 Å². The maximum atomic E-state index is 10.3. The smallest absolute Gasteiger partial charge is 0.303 e. The second kappa shape index (κ2) is 5.16. The second-order valence-corrected chi connectivity index (χ2v) is 4.33. The first-order chi connectivity index (χ1) is 7.00. The van der Waals surface area contributed by atoms with E-state index in [-0.39, 0.29) is 12.2 Å². The summed E-state index contributed by atoms with van der Waals surface area (Å²) in [5, 5.41) is 18.1. The number of benzene rings is 1. The average Bonchev–Trinajstić information content (AvgIpc) is 2.13. The first-order valence-electron chi connectivity index (χ1n) is 4.70. The fourth-order valence-corrected chi connectivity index (χ4v) is 1.73. The zero-order chi connectivity index (χ0) is 11.4. The van der Waals surface area contributed by atoms with Gasteiger partial charge in [-0.3, -0.25) is 4.79 Å². The zero-order valence-corrected chi connectivity index (χ0v) is 10.0. The average molecular weight is 273 g/mol. The van der Waals surface area contributed by atoms with Crippen molar-refractivity contribution in [2.45, 2.75) is 26.2 Å². The van der Waals surface area contributed by atoms with Crippen LogP contribution < -0.4 is 0 Å². The Bertz CT molecular complexity index is 374. The zero-order valence-electron chi connectivity index (χ0n) is 8.46. The van der Waals surface area contributed by atoms with Crippen molar-refractivity contribution >= 4 is 21.9 Å². The van der Waals surface area contributed by atoms with E-state index in [0.29, 0.717) is 12.8 Å². The number of phenols is 1. The number of hydrogen-bond acceptors (Lipinski definition) is 2. The number of hydrogen-bond donors (Lipinski definition) is 2. The third-order valence-electron chi connectivity index (χ3n) is 2.20. The van der Waals surface area contributed by atoms with Crippen LogP contribution in [-0.4, -0.2) is 16.2 Å². The summed E-state index contributed by atoms with van der Waals surface area (Å²) >= 11 is 3.37. The number of carboxylic acid groups (broad SMARTS) is 1. The molecule has 1 rings (SSSR count). The van der Waals surface area contributed by atoms with Crippen molar-refractivity contribution in [2.75, 3.05) is 0 Å². The number of aryl methyl sites for hydroxylation is 2. The standard InChI is InChI=1S/C11H13BrO3/c1-7-5-10(13)8(6-9(7)12)3-2-4-11(14)15/h5-6,13H,2-4H2,1H3,(H,14,15). The van der Waals surface area contributed by atoms with E-state index >= 15 is 0 Å². The molecule has 0 aliphatic carbocycles. The summed E-state index contributed by atoms with van der Waals surface area (Å²) in [5.74, 6) is -0.568. The number of carbonyl (C=O) groups is 1. The van der Waals surface area contributed by atoms with Crippen LogP contribution in [0.2, 0.25) is 0 Å². The molecule has 0 saturated heterocycles. The van der Waals surface area contributed by atoms with Gasteiger partial charge in [-0.05, 0) is 43.0 Å². The number of carboxylic acids is 1. The molecule has 0 amide bonds. The molecule has 0 heterocycles. The number of aromatic hydroxyl groups is 1. The summed E-state index contributed by atoms with van der Waals surface area (Å²) in [5.41, 5.74) is 1.75. The fourth-order valence-electron chi connectivity index (χ4n) is 1.34. The Morgan fingerprint density at radius 1 is 1.47 bits per heavy atom. The van der Waals surface area contributed by atoms with E-state index in [1.165, 1.54) is 0 Å². The van der Waals surface area contributed by atoms with Crippen LogP contribution in [0, 0.1) is 6.92 Å². The Labute approximate surface area is 96.9 Å². The van der Waals surface area contributed by atoms with E-state index in [2.05, 4.69) is 15.9 Å². The molecule has 0 atom stereocenters. The lowest BCUT2D eigenvalue weighted by molar-refractivity contribution is -0.137. The van der Waals surface area contributed by atoms with E-state index in [9.17, 15) is 9.90 Å². The summed E-state index contributed by atoms with van der Waals surface area (Å²) in [6, 6.07) is 3.52. The fraction of sp³-hybridized carbons (Fsp3) is 0.364. The van der Waals surface area contributed by atoms with Crippen LogP contribution in [0.4, 0.5) is 0 Å². The Morgan fingerprint density at radius 2 is 2.13 bits per heavy atom. The van der Waals surface area contributed by atoms with E-state index in [1.54, 1.807) is 6.07 Å². The molecule has 0 spiro atoms. The Balaban J connectivity index is 2.69. The second-order valence-electron chi connectivity index (χ2n) is 3.48. The van der Waals surface area contributed by atoms with Gasteiger partial charge in [0.25, 0.3) is 0 Å². The molecule has 0 unspecified atom stereocenters. The summed E-state index contributed by atoms with van der Waals surface area (Å²) < 4.78 is 0.936. The number of aliphatic carboxylic acids is 1. The molecule has 3 nitrogen and oxygen atoms in total. The summed E-state index contributed by atoms with van der Waals surface area (Å²) in [4.78, 5) is 10.3. The van der Waals surface area contributed by atoms with Gasteiger partial charge in [0.1, 0.15) is 5.75 Å². The lowest BCUT2D eigenvalue weighted by Crippen LogP contribution is -1.96. The molecule has 0 bridgehead atoms. The highest BCUT2D eigenvalue weighted by Gasteiger charge is 2.06. The first kappa shape index (κ1) is 12.0. The van der Waals surface area contributed by atoms with Crippen LogP contribution in [0.25, 0.3) is 0 Å². The summed E-state index contributed by atoms with van der Waals surface area (Å²) in [7, 11) is 0. The molecule has 0 saturated carbocycles. The minimum atomic E-state index is -0.805. The quantitative estimate of drug-likeness (QED) is 0.886. The van der Waals surface area contributed by atoms with Crippen molar-refractivity contribution in [3.05, 3.63) is 27.7 Å². The van der Waals surface area contributed by atoms with Gasteiger partial charge >= 0.3 is 5.97 Å². The molecule has 0 radical (unpaired) electrons. The Morgan fingerprint density at radius 3 is 2.73 bits per heavy atom. The molecule has 0 aromatic heterocycles. The highest BCUT2D eigenvalue weighted by atomic mass is 79.9. The topological polar surface area (TPSA) is 57.5 Å². The van der Waals surface area contributed by atoms with E-state index in [4.69, 9.17) is 5.11 Å². The Hall–Kier alpha value is -1.03. The van der Waals surface area contributed by atoms with E-state index in [1.807, 2.05) is 13.0 Å². The number of rotatable bonds is 4. The minimum Gasteiger partial charge on any atom is -0.508 e. The summed E-state index contributed by atoms with van der Waals surface area (Å²) in [6.45, 7) is 1.89. The van der Waals surface area contributed by atoms with Gasteiger partial charge in [-0.25, -0.2) is 0 Å². The summed E-state index contributed by atoms with van der Waals surface area (Å²) in [6.07, 6.45) is 1.25. The van der Waals surface area contributed by atoms with E-state index < -0.39 is 5.97 Å². The SMILES string of the molecule is Cc1cc(O)c(CCCC(=O)O)cc1Br. The highest BCUT2D eigenvalue weighted by Crippen LogP contribution is 2.27. The minimum absolute atomic E-state index is 0.130. The van der Waals surface area contributed by atoms with Crippen LogP contribution >= 0.6 is 15.9 Å². The third kappa shape index (κ3) is 3.55. The predicted molar refractivity (Wildman–Crippen MR) is 61.1 cm³/mol. The first-order valence-corrected chi connectivity index (χ1v) is 5.50. The molecule has 0 aliphatic heterocycles. The van der Waals surface area contributed by atoms with Crippen LogP contribution in [-0.2, 0) is 11.2 Å². The van der Waals surface area contributed by atoms with Crippen molar-refractivity contribution in [3.8, 4) is 5.75 Å². The van der Waals surface area contributed by atoms with Crippen LogP contribution in [0.1, 0.15) is 24.0 Å².